The molecule has 1 aliphatic rings. The molecular formula is C13H15ClN2O2S. The quantitative estimate of drug-likeness (QED) is 0.925. The van der Waals surface area contributed by atoms with E-state index in [9.17, 15) is 9.59 Å². The van der Waals surface area contributed by atoms with Gasteiger partial charge in [0.25, 0.3) is 0 Å². The lowest BCUT2D eigenvalue weighted by Gasteiger charge is -2.24. The number of hydrogen-bond acceptors (Lipinski definition) is 3. The number of amides is 2. The van der Waals surface area contributed by atoms with E-state index >= 15 is 0 Å². The van der Waals surface area contributed by atoms with E-state index in [4.69, 9.17) is 11.6 Å². The summed E-state index contributed by atoms with van der Waals surface area (Å²) in [5, 5.41) is 3.15. The van der Waals surface area contributed by atoms with Gasteiger partial charge in [-0.3, -0.25) is 9.59 Å². The van der Waals surface area contributed by atoms with E-state index in [1.807, 2.05) is 25.1 Å². The van der Waals surface area contributed by atoms with Crippen molar-refractivity contribution in [3.63, 3.8) is 0 Å². The van der Waals surface area contributed by atoms with Gasteiger partial charge in [0.05, 0.1) is 5.75 Å². The van der Waals surface area contributed by atoms with Crippen LogP contribution in [0.15, 0.2) is 24.3 Å². The third kappa shape index (κ3) is 3.22. The van der Waals surface area contributed by atoms with E-state index in [0.717, 1.165) is 5.56 Å². The summed E-state index contributed by atoms with van der Waals surface area (Å²) < 4.78 is 0. The molecule has 0 aromatic heterocycles. The average molecular weight is 299 g/mol. The van der Waals surface area contributed by atoms with Crippen molar-refractivity contribution in [1.29, 1.82) is 0 Å². The van der Waals surface area contributed by atoms with E-state index in [-0.39, 0.29) is 23.7 Å². The van der Waals surface area contributed by atoms with Gasteiger partial charge in [-0.25, -0.2) is 0 Å². The molecule has 1 aliphatic heterocycles. The predicted octanol–water partition coefficient (Wildman–Crippen LogP) is 2.05. The first-order valence-corrected chi connectivity index (χ1v) is 7.48. The van der Waals surface area contributed by atoms with Crippen LogP contribution >= 0.6 is 23.4 Å². The third-order valence-electron chi connectivity index (χ3n) is 2.83. The normalized spacial score (nSPS) is 18.7. The minimum absolute atomic E-state index is 0.0267. The van der Waals surface area contributed by atoms with Crippen molar-refractivity contribution in [3.05, 3.63) is 34.9 Å². The summed E-state index contributed by atoms with van der Waals surface area (Å²) in [6.07, 6.45) is 0. The van der Waals surface area contributed by atoms with Gasteiger partial charge in [-0.15, -0.1) is 11.8 Å². The molecule has 6 heteroatoms. The molecule has 1 aromatic carbocycles. The highest BCUT2D eigenvalue weighted by atomic mass is 35.5. The van der Waals surface area contributed by atoms with E-state index in [1.165, 1.54) is 11.8 Å². The number of carbonyl (C=O) groups is 2. The molecule has 102 valence electrons. The van der Waals surface area contributed by atoms with Crippen LogP contribution in [0.2, 0.25) is 5.02 Å². The zero-order chi connectivity index (χ0) is 13.8. The van der Waals surface area contributed by atoms with Crippen molar-refractivity contribution in [2.24, 2.45) is 0 Å². The largest absolute Gasteiger partial charge is 0.355 e. The molecule has 1 aromatic rings. The fourth-order valence-electron chi connectivity index (χ4n) is 1.97. The molecule has 0 spiro atoms. The van der Waals surface area contributed by atoms with Crippen LogP contribution in [-0.4, -0.2) is 35.6 Å². The first-order valence-electron chi connectivity index (χ1n) is 6.05. The maximum absolute atomic E-state index is 11.9. The summed E-state index contributed by atoms with van der Waals surface area (Å²) in [4.78, 5) is 25.1. The molecule has 1 N–H and O–H groups in total. The van der Waals surface area contributed by atoms with E-state index in [0.29, 0.717) is 17.3 Å². The molecule has 2 rings (SSSR count). The van der Waals surface area contributed by atoms with Crippen LogP contribution in [-0.2, 0) is 9.59 Å². The zero-order valence-corrected chi connectivity index (χ0v) is 12.1. The van der Waals surface area contributed by atoms with Gasteiger partial charge in [0.2, 0.25) is 11.8 Å². The summed E-state index contributed by atoms with van der Waals surface area (Å²) in [7, 11) is 0. The molecule has 0 radical (unpaired) electrons. The van der Waals surface area contributed by atoms with Crippen molar-refractivity contribution >= 4 is 35.2 Å². The van der Waals surface area contributed by atoms with Crippen LogP contribution in [0.4, 0.5) is 0 Å². The summed E-state index contributed by atoms with van der Waals surface area (Å²) in [5.41, 5.74) is 0.879. The fourth-order valence-corrected chi connectivity index (χ4v) is 3.49. The highest BCUT2D eigenvalue weighted by Crippen LogP contribution is 2.40. The second-order valence-electron chi connectivity index (χ2n) is 4.16. The maximum atomic E-state index is 11.9. The number of rotatable bonds is 4. The summed E-state index contributed by atoms with van der Waals surface area (Å²) in [5.74, 6) is 0.214. The molecule has 1 atom stereocenters. The second kappa shape index (κ2) is 6.30. The lowest BCUT2D eigenvalue weighted by Crippen LogP contribution is -2.39. The van der Waals surface area contributed by atoms with Crippen LogP contribution in [0, 0.1) is 0 Å². The molecule has 1 fully saturated rings. The highest BCUT2D eigenvalue weighted by Gasteiger charge is 2.34. The fraction of sp³-hybridized carbons (Fsp3) is 0.385. The average Bonchev–Trinajstić information content (AvgIpc) is 2.72. The number of likely N-dealkylation sites (N-methyl/N-ethyl adjacent to an activating group) is 1. The van der Waals surface area contributed by atoms with Gasteiger partial charge in [-0.2, -0.15) is 0 Å². The number of benzene rings is 1. The van der Waals surface area contributed by atoms with E-state index in [1.54, 1.807) is 11.0 Å². The molecule has 0 saturated carbocycles. The molecule has 0 unspecified atom stereocenters. The molecule has 0 aliphatic carbocycles. The van der Waals surface area contributed by atoms with E-state index < -0.39 is 0 Å². The van der Waals surface area contributed by atoms with Gasteiger partial charge in [0.15, 0.2) is 0 Å². The Bertz CT molecular complexity index is 495. The topological polar surface area (TPSA) is 49.4 Å². The maximum Gasteiger partial charge on any atom is 0.239 e. The Morgan fingerprint density at radius 2 is 2.26 bits per heavy atom. The molecule has 19 heavy (non-hydrogen) atoms. The van der Waals surface area contributed by atoms with Gasteiger partial charge in [-0.1, -0.05) is 29.8 Å². The monoisotopic (exact) mass is 298 g/mol. The third-order valence-corrected chi connectivity index (χ3v) is 4.41. The molecule has 2 amide bonds. The number of nitrogens with zero attached hydrogens (tertiary/aromatic N) is 1. The Balaban J connectivity index is 2.18. The highest BCUT2D eigenvalue weighted by molar-refractivity contribution is 8.00. The predicted molar refractivity (Wildman–Crippen MR) is 77.0 cm³/mol. The molecule has 1 heterocycles. The Morgan fingerprint density at radius 1 is 1.53 bits per heavy atom. The lowest BCUT2D eigenvalue weighted by molar-refractivity contribution is -0.133. The Labute approximate surface area is 121 Å². The van der Waals surface area contributed by atoms with Gasteiger partial charge in [0, 0.05) is 17.1 Å². The van der Waals surface area contributed by atoms with Crippen LogP contribution in [0.25, 0.3) is 0 Å². The smallest absolute Gasteiger partial charge is 0.239 e. The van der Waals surface area contributed by atoms with Crippen LogP contribution in [0.5, 0.6) is 0 Å². The number of thioether (sulfide) groups is 1. The summed E-state index contributed by atoms with van der Waals surface area (Å²) in [6.45, 7) is 2.49. The van der Waals surface area contributed by atoms with Crippen LogP contribution in [0.3, 0.4) is 0 Å². The molecule has 1 saturated heterocycles. The van der Waals surface area contributed by atoms with Crippen molar-refractivity contribution < 1.29 is 9.59 Å². The second-order valence-corrected chi connectivity index (χ2v) is 5.64. The number of nitrogens with one attached hydrogen (secondary N) is 1. The molecular weight excluding hydrogens is 284 g/mol. The minimum Gasteiger partial charge on any atom is -0.355 e. The van der Waals surface area contributed by atoms with Gasteiger partial charge >= 0.3 is 0 Å². The Kier molecular flexibility index (Phi) is 4.71. The van der Waals surface area contributed by atoms with Crippen molar-refractivity contribution in [2.45, 2.75) is 12.3 Å². The van der Waals surface area contributed by atoms with Crippen molar-refractivity contribution in [2.75, 3.05) is 18.8 Å². The standard InChI is InChI=1S/C13H15ClN2O2S/c1-2-15-11(17)7-16-12(18)8-19-13(16)9-5-3-4-6-10(9)14/h3-6,13H,2,7-8H2,1H3,(H,15,17)/t13-/m1/s1. The first-order chi connectivity index (χ1) is 9.13. The van der Waals surface area contributed by atoms with Gasteiger partial charge in [0.1, 0.15) is 11.9 Å². The van der Waals surface area contributed by atoms with Gasteiger partial charge in [-0.05, 0) is 13.0 Å². The zero-order valence-electron chi connectivity index (χ0n) is 10.6. The summed E-state index contributed by atoms with van der Waals surface area (Å²) >= 11 is 7.66. The SMILES string of the molecule is CCNC(=O)CN1C(=O)CS[C@@H]1c1ccccc1Cl. The Hall–Kier alpha value is -1.20. The molecule has 4 nitrogen and oxygen atoms in total. The number of hydrogen-bond donors (Lipinski definition) is 1. The van der Waals surface area contributed by atoms with Crippen LogP contribution in [0.1, 0.15) is 17.9 Å². The number of carbonyl (C=O) groups excluding carboxylic acids is 2. The number of halogens is 1. The van der Waals surface area contributed by atoms with E-state index in [2.05, 4.69) is 5.32 Å². The van der Waals surface area contributed by atoms with Crippen molar-refractivity contribution in [1.82, 2.24) is 10.2 Å². The first kappa shape index (κ1) is 14.2. The minimum atomic E-state index is -0.177. The van der Waals surface area contributed by atoms with Crippen molar-refractivity contribution in [3.8, 4) is 0 Å². The Morgan fingerprint density at radius 3 is 2.95 bits per heavy atom. The van der Waals surface area contributed by atoms with Crippen LogP contribution < -0.4 is 5.32 Å². The molecule has 0 bridgehead atoms. The summed E-state index contributed by atoms with van der Waals surface area (Å²) in [6, 6.07) is 7.42. The van der Waals surface area contributed by atoms with Gasteiger partial charge < -0.3 is 10.2 Å². The lowest BCUT2D eigenvalue weighted by atomic mass is 10.2.